The molecular weight excluding hydrogens is 178 g/mol. The van der Waals surface area contributed by atoms with Crippen molar-refractivity contribution in [3.8, 4) is 6.07 Å². The van der Waals surface area contributed by atoms with Crippen LogP contribution in [0.2, 0.25) is 0 Å². The summed E-state index contributed by atoms with van der Waals surface area (Å²) in [5.41, 5.74) is 1.27. The Hall–Kier alpha value is -1.89. The lowest BCUT2D eigenvalue weighted by molar-refractivity contribution is -0.119. The van der Waals surface area contributed by atoms with Crippen LogP contribution in [0, 0.1) is 11.3 Å². The molecule has 1 aromatic rings. The molecule has 1 amide bonds. The zero-order valence-corrected chi connectivity index (χ0v) is 8.11. The van der Waals surface area contributed by atoms with E-state index in [9.17, 15) is 4.79 Å². The van der Waals surface area contributed by atoms with E-state index in [0.29, 0.717) is 5.56 Å². The molecule has 1 heterocycles. The monoisotopic (exact) mass is 189 g/mol. The molecule has 0 bridgehead atoms. The van der Waals surface area contributed by atoms with E-state index in [0.717, 1.165) is 5.69 Å². The van der Waals surface area contributed by atoms with Crippen molar-refractivity contribution in [1.29, 1.82) is 5.26 Å². The Bertz CT molecular complexity index is 364. The third-order valence-corrected chi connectivity index (χ3v) is 1.78. The fourth-order valence-corrected chi connectivity index (χ4v) is 1.11. The zero-order chi connectivity index (χ0) is 10.6. The molecule has 1 N–H and O–H groups in total. The third kappa shape index (κ3) is 2.56. The molecule has 1 aromatic heterocycles. The predicted molar refractivity (Wildman–Crippen MR) is 51.2 cm³/mol. The van der Waals surface area contributed by atoms with Gasteiger partial charge in [0.05, 0.1) is 17.3 Å². The number of carbonyl (C=O) groups is 1. The molecule has 1 rings (SSSR count). The number of hydrogen-bond acceptors (Lipinski definition) is 3. The first kappa shape index (κ1) is 10.2. The van der Waals surface area contributed by atoms with Crippen LogP contribution in [-0.2, 0) is 4.79 Å². The lowest BCUT2D eigenvalue weighted by atomic mass is 10.2. The topological polar surface area (TPSA) is 65.8 Å². The molecule has 14 heavy (non-hydrogen) atoms. The average Bonchev–Trinajstić information content (AvgIpc) is 2.17. The standard InChI is InChI=1S/C10H11N3O/c1-7(13-8(2)14)10-4-3-9(5-11)6-12-10/h3-4,6-7H,1-2H3,(H,13,14). The molecule has 0 fully saturated rings. The molecule has 0 aliphatic heterocycles. The van der Waals surface area contributed by atoms with Crippen LogP contribution in [0.5, 0.6) is 0 Å². The van der Waals surface area contributed by atoms with Gasteiger partial charge in [-0.05, 0) is 19.1 Å². The first-order valence-electron chi connectivity index (χ1n) is 4.26. The third-order valence-electron chi connectivity index (χ3n) is 1.78. The highest BCUT2D eigenvalue weighted by Gasteiger charge is 2.07. The van der Waals surface area contributed by atoms with E-state index in [-0.39, 0.29) is 11.9 Å². The SMILES string of the molecule is CC(=O)NC(C)c1ccc(C#N)cn1. The number of nitrogens with zero attached hydrogens (tertiary/aromatic N) is 2. The van der Waals surface area contributed by atoms with E-state index in [1.165, 1.54) is 13.1 Å². The summed E-state index contributed by atoms with van der Waals surface area (Å²) in [5, 5.41) is 11.3. The first-order chi connectivity index (χ1) is 6.63. The van der Waals surface area contributed by atoms with Gasteiger partial charge in [0.2, 0.25) is 5.91 Å². The Morgan fingerprint density at radius 3 is 2.79 bits per heavy atom. The highest BCUT2D eigenvalue weighted by atomic mass is 16.1. The second-order valence-corrected chi connectivity index (χ2v) is 3.01. The van der Waals surface area contributed by atoms with Gasteiger partial charge < -0.3 is 5.32 Å². The van der Waals surface area contributed by atoms with Crippen LogP contribution < -0.4 is 5.32 Å². The van der Waals surface area contributed by atoms with Crippen molar-refractivity contribution in [2.45, 2.75) is 19.9 Å². The summed E-state index contributed by atoms with van der Waals surface area (Å²) in [6.07, 6.45) is 1.49. The molecule has 1 unspecified atom stereocenters. The van der Waals surface area contributed by atoms with Gasteiger partial charge in [0, 0.05) is 13.1 Å². The smallest absolute Gasteiger partial charge is 0.217 e. The van der Waals surface area contributed by atoms with Gasteiger partial charge >= 0.3 is 0 Å². The largest absolute Gasteiger partial charge is 0.348 e. The molecule has 4 heteroatoms. The fraction of sp³-hybridized carbons (Fsp3) is 0.300. The van der Waals surface area contributed by atoms with Crippen LogP contribution in [0.3, 0.4) is 0 Å². The van der Waals surface area contributed by atoms with Crippen LogP contribution in [0.25, 0.3) is 0 Å². The molecular formula is C10H11N3O. The van der Waals surface area contributed by atoms with Crippen molar-refractivity contribution in [3.05, 3.63) is 29.6 Å². The van der Waals surface area contributed by atoms with Crippen molar-refractivity contribution >= 4 is 5.91 Å². The van der Waals surface area contributed by atoms with Gasteiger partial charge in [0.1, 0.15) is 6.07 Å². The number of nitrogens with one attached hydrogen (secondary N) is 1. The van der Waals surface area contributed by atoms with Crippen molar-refractivity contribution in [1.82, 2.24) is 10.3 Å². The van der Waals surface area contributed by atoms with Crippen molar-refractivity contribution in [2.24, 2.45) is 0 Å². The fourth-order valence-electron chi connectivity index (χ4n) is 1.11. The van der Waals surface area contributed by atoms with Crippen molar-refractivity contribution in [2.75, 3.05) is 0 Å². The van der Waals surface area contributed by atoms with Gasteiger partial charge in [0.15, 0.2) is 0 Å². The first-order valence-corrected chi connectivity index (χ1v) is 4.26. The van der Waals surface area contributed by atoms with Crippen molar-refractivity contribution in [3.63, 3.8) is 0 Å². The van der Waals surface area contributed by atoms with Gasteiger partial charge in [-0.3, -0.25) is 9.78 Å². The predicted octanol–water partition coefficient (Wildman–Crippen LogP) is 1.15. The van der Waals surface area contributed by atoms with E-state index >= 15 is 0 Å². The molecule has 72 valence electrons. The summed E-state index contributed by atoms with van der Waals surface area (Å²) >= 11 is 0. The molecule has 0 aromatic carbocycles. The number of rotatable bonds is 2. The van der Waals surface area contributed by atoms with E-state index in [1.54, 1.807) is 12.1 Å². The van der Waals surface area contributed by atoms with E-state index in [4.69, 9.17) is 5.26 Å². The molecule has 0 aliphatic rings. The maximum absolute atomic E-state index is 10.8. The van der Waals surface area contributed by atoms with Crippen LogP contribution in [0.4, 0.5) is 0 Å². The lowest BCUT2D eigenvalue weighted by Crippen LogP contribution is -2.24. The van der Waals surface area contributed by atoms with Gasteiger partial charge in [-0.15, -0.1) is 0 Å². The molecule has 0 aliphatic carbocycles. The van der Waals surface area contributed by atoms with Crippen LogP contribution in [0.15, 0.2) is 18.3 Å². The van der Waals surface area contributed by atoms with Gasteiger partial charge in [-0.1, -0.05) is 0 Å². The summed E-state index contributed by atoms with van der Waals surface area (Å²) in [6.45, 7) is 3.30. The second kappa shape index (κ2) is 4.38. The molecule has 1 atom stereocenters. The Balaban J connectivity index is 2.77. The summed E-state index contributed by atoms with van der Waals surface area (Å²) in [5.74, 6) is -0.0938. The molecule has 0 radical (unpaired) electrons. The number of aromatic nitrogens is 1. The minimum Gasteiger partial charge on any atom is -0.348 e. The highest BCUT2D eigenvalue weighted by Crippen LogP contribution is 2.08. The second-order valence-electron chi connectivity index (χ2n) is 3.01. The van der Waals surface area contributed by atoms with Crippen LogP contribution in [0.1, 0.15) is 31.1 Å². The quantitative estimate of drug-likeness (QED) is 0.758. The summed E-state index contributed by atoms with van der Waals surface area (Å²) < 4.78 is 0. The Labute approximate surface area is 82.6 Å². The minimum absolute atomic E-state index is 0.0938. The molecule has 0 spiro atoms. The van der Waals surface area contributed by atoms with E-state index in [1.807, 2.05) is 13.0 Å². The Morgan fingerprint density at radius 2 is 2.36 bits per heavy atom. The summed E-state index contributed by atoms with van der Waals surface area (Å²) in [4.78, 5) is 14.8. The van der Waals surface area contributed by atoms with E-state index in [2.05, 4.69) is 10.3 Å². The minimum atomic E-state index is -0.125. The number of hydrogen-bond donors (Lipinski definition) is 1. The number of carbonyl (C=O) groups excluding carboxylic acids is 1. The van der Waals surface area contributed by atoms with Crippen LogP contribution >= 0.6 is 0 Å². The van der Waals surface area contributed by atoms with Gasteiger partial charge in [-0.25, -0.2) is 0 Å². The summed E-state index contributed by atoms with van der Waals surface area (Å²) in [6, 6.07) is 5.28. The molecule has 0 saturated heterocycles. The maximum Gasteiger partial charge on any atom is 0.217 e. The number of amides is 1. The van der Waals surface area contributed by atoms with Crippen LogP contribution in [-0.4, -0.2) is 10.9 Å². The summed E-state index contributed by atoms with van der Waals surface area (Å²) in [7, 11) is 0. The number of pyridine rings is 1. The Morgan fingerprint density at radius 1 is 1.64 bits per heavy atom. The maximum atomic E-state index is 10.8. The highest BCUT2D eigenvalue weighted by molar-refractivity contribution is 5.73. The van der Waals surface area contributed by atoms with Gasteiger partial charge in [0.25, 0.3) is 0 Å². The average molecular weight is 189 g/mol. The molecule has 4 nitrogen and oxygen atoms in total. The van der Waals surface area contributed by atoms with E-state index < -0.39 is 0 Å². The zero-order valence-electron chi connectivity index (χ0n) is 8.11. The number of nitriles is 1. The lowest BCUT2D eigenvalue weighted by Gasteiger charge is -2.11. The Kier molecular flexibility index (Phi) is 3.19. The normalized spacial score (nSPS) is 11.5. The molecule has 0 saturated carbocycles. The van der Waals surface area contributed by atoms with Gasteiger partial charge in [-0.2, -0.15) is 5.26 Å². The van der Waals surface area contributed by atoms with Crippen molar-refractivity contribution < 1.29 is 4.79 Å².